The standard InChI is InChI=1S/C56H46Cl4N6O8/c1-8-47(67)63-38-13-10-9-12-34(38)39-24-40-33(28-61-39)22-36(56(69)66(40)29(2)3)50-53(59)45(72-7)26-46(54(50)60)73-18-11-14-48(68)65-17-19-74-42-20-30(4)35(23-41(42)65)55-62-27-32-21-31(15-16-37(32)64-55)49-51(57)43(70-5)25-44(71-6)52(49)58/h8-16,20-29H,1,17-19H2,2-7H3,(H,63,67)/b14-11-. The van der Waals surface area contributed by atoms with Gasteiger partial charge in [0.15, 0.2) is 5.82 Å². The summed E-state index contributed by atoms with van der Waals surface area (Å²) in [6.07, 6.45) is 7.54. The predicted octanol–water partition coefficient (Wildman–Crippen LogP) is 13.0. The van der Waals surface area contributed by atoms with Crippen LogP contribution in [0.1, 0.15) is 25.5 Å². The summed E-state index contributed by atoms with van der Waals surface area (Å²) in [5.41, 5.74) is 6.39. The molecule has 0 atom stereocenters. The van der Waals surface area contributed by atoms with Crippen LogP contribution >= 0.6 is 46.4 Å². The van der Waals surface area contributed by atoms with E-state index in [9.17, 15) is 14.4 Å². The molecule has 0 saturated carbocycles. The summed E-state index contributed by atoms with van der Waals surface area (Å²) in [6, 6.07) is 22.9. The molecule has 9 rings (SSSR count). The van der Waals surface area contributed by atoms with E-state index >= 15 is 0 Å². The number of hydrogen-bond donors (Lipinski definition) is 1. The van der Waals surface area contributed by atoms with Crippen molar-refractivity contribution in [2.75, 3.05) is 51.3 Å². The maximum Gasteiger partial charge on any atom is 0.259 e. The van der Waals surface area contributed by atoms with E-state index in [1.165, 1.54) is 39.5 Å². The highest BCUT2D eigenvalue weighted by molar-refractivity contribution is 6.42. The van der Waals surface area contributed by atoms with E-state index in [-0.39, 0.29) is 75.8 Å². The molecule has 0 fully saturated rings. The van der Waals surface area contributed by atoms with Crippen LogP contribution in [0, 0.1) is 6.92 Å². The van der Waals surface area contributed by atoms with E-state index < -0.39 is 0 Å². The number of carbonyl (C=O) groups is 2. The van der Waals surface area contributed by atoms with Crippen LogP contribution in [-0.4, -0.2) is 72.4 Å². The largest absolute Gasteiger partial charge is 0.495 e. The zero-order valence-electron chi connectivity index (χ0n) is 40.8. The summed E-state index contributed by atoms with van der Waals surface area (Å²) in [5, 5.41) is 5.03. The van der Waals surface area contributed by atoms with Gasteiger partial charge < -0.3 is 38.5 Å². The van der Waals surface area contributed by atoms with E-state index in [1.54, 1.807) is 58.3 Å². The monoisotopic (exact) mass is 1070 g/mol. The Morgan fingerprint density at radius 3 is 2.18 bits per heavy atom. The van der Waals surface area contributed by atoms with Crippen LogP contribution in [0.2, 0.25) is 20.1 Å². The lowest BCUT2D eigenvalue weighted by Gasteiger charge is -2.29. The average molecular weight is 1070 g/mol. The molecule has 18 heteroatoms. The van der Waals surface area contributed by atoms with Crippen molar-refractivity contribution in [2.24, 2.45) is 0 Å². The summed E-state index contributed by atoms with van der Waals surface area (Å²) in [5.74, 6) is 1.51. The summed E-state index contributed by atoms with van der Waals surface area (Å²) in [4.78, 5) is 56.8. The smallest absolute Gasteiger partial charge is 0.259 e. The number of aryl methyl sites for hydroxylation is 1. The number of carbonyl (C=O) groups excluding carboxylic acids is 2. The molecular weight excluding hydrogens is 1030 g/mol. The normalized spacial score (nSPS) is 12.2. The Balaban J connectivity index is 0.968. The third-order valence-electron chi connectivity index (χ3n) is 12.4. The number of aromatic nitrogens is 4. The lowest BCUT2D eigenvalue weighted by Crippen LogP contribution is -2.37. The summed E-state index contributed by atoms with van der Waals surface area (Å²) >= 11 is 27.5. The van der Waals surface area contributed by atoms with Crippen molar-refractivity contribution >= 4 is 91.4 Å². The van der Waals surface area contributed by atoms with E-state index in [0.29, 0.717) is 83.3 Å². The Morgan fingerprint density at radius 2 is 1.47 bits per heavy atom. The first-order valence-corrected chi connectivity index (χ1v) is 24.6. The van der Waals surface area contributed by atoms with Gasteiger partial charge in [-0.3, -0.25) is 19.4 Å². The van der Waals surface area contributed by atoms with Crippen LogP contribution in [-0.2, 0) is 9.59 Å². The highest BCUT2D eigenvalue weighted by Gasteiger charge is 2.27. The number of benzene rings is 5. The zero-order valence-corrected chi connectivity index (χ0v) is 43.8. The Bertz CT molecular complexity index is 3660. The van der Waals surface area contributed by atoms with Crippen molar-refractivity contribution in [3.63, 3.8) is 0 Å². The molecule has 74 heavy (non-hydrogen) atoms. The van der Waals surface area contributed by atoms with Crippen LogP contribution in [0.4, 0.5) is 11.4 Å². The van der Waals surface area contributed by atoms with Crippen LogP contribution in [0.5, 0.6) is 28.7 Å². The lowest BCUT2D eigenvalue weighted by molar-refractivity contribution is -0.114. The van der Waals surface area contributed by atoms with Gasteiger partial charge in [-0.25, -0.2) is 9.97 Å². The first kappa shape index (κ1) is 51.3. The number of para-hydroxylation sites is 1. The molecule has 4 heterocycles. The van der Waals surface area contributed by atoms with Gasteiger partial charge >= 0.3 is 0 Å². The minimum Gasteiger partial charge on any atom is -0.495 e. The number of halogens is 4. The fourth-order valence-corrected chi connectivity index (χ4v) is 10.2. The van der Waals surface area contributed by atoms with Gasteiger partial charge in [0.2, 0.25) is 5.91 Å². The minimum absolute atomic E-state index is 0.0615. The van der Waals surface area contributed by atoms with Crippen molar-refractivity contribution in [1.82, 2.24) is 19.5 Å². The van der Waals surface area contributed by atoms with E-state index in [2.05, 4.69) is 11.9 Å². The van der Waals surface area contributed by atoms with Gasteiger partial charge in [-0.1, -0.05) is 77.2 Å². The van der Waals surface area contributed by atoms with Crippen LogP contribution in [0.25, 0.3) is 66.7 Å². The van der Waals surface area contributed by atoms with Crippen molar-refractivity contribution < 1.29 is 33.3 Å². The van der Waals surface area contributed by atoms with Gasteiger partial charge in [-0.05, 0) is 86.5 Å². The molecule has 2 amide bonds. The number of hydrogen-bond acceptors (Lipinski definition) is 11. The topological polar surface area (TPSA) is 156 Å². The number of nitrogens with zero attached hydrogens (tertiary/aromatic N) is 5. The van der Waals surface area contributed by atoms with Gasteiger partial charge in [0.05, 0.1) is 81.6 Å². The highest BCUT2D eigenvalue weighted by Crippen LogP contribution is 2.48. The number of amides is 2. The molecule has 1 aliphatic rings. The highest BCUT2D eigenvalue weighted by atomic mass is 35.5. The van der Waals surface area contributed by atoms with E-state index in [0.717, 1.165) is 16.5 Å². The van der Waals surface area contributed by atoms with Crippen molar-refractivity contribution in [3.8, 4) is 73.6 Å². The fraction of sp³-hybridized carbons (Fsp3) is 0.179. The maximum atomic E-state index is 14.6. The Kier molecular flexibility index (Phi) is 14.9. The quantitative estimate of drug-likeness (QED) is 0.103. The molecule has 0 spiro atoms. The van der Waals surface area contributed by atoms with Crippen LogP contribution in [0.3, 0.4) is 0 Å². The van der Waals surface area contributed by atoms with E-state index in [1.807, 2.05) is 63.2 Å². The third-order valence-corrected chi connectivity index (χ3v) is 13.9. The molecule has 5 aromatic carbocycles. The van der Waals surface area contributed by atoms with Crippen molar-refractivity contribution in [1.29, 1.82) is 0 Å². The fourth-order valence-electron chi connectivity index (χ4n) is 8.82. The molecule has 0 bridgehead atoms. The second-order valence-corrected chi connectivity index (χ2v) is 18.7. The Morgan fingerprint density at radius 1 is 0.797 bits per heavy atom. The molecule has 0 aliphatic carbocycles. The van der Waals surface area contributed by atoms with E-state index in [4.69, 9.17) is 85.0 Å². The molecule has 0 unspecified atom stereocenters. The van der Waals surface area contributed by atoms with Gasteiger partial charge in [0.1, 0.15) is 42.0 Å². The molecule has 1 N–H and O–H groups in total. The lowest BCUT2D eigenvalue weighted by atomic mass is 10.0. The van der Waals surface area contributed by atoms with Crippen LogP contribution < -0.4 is 39.5 Å². The second-order valence-electron chi connectivity index (χ2n) is 17.2. The zero-order chi connectivity index (χ0) is 52.5. The molecule has 0 saturated heterocycles. The maximum absolute atomic E-state index is 14.6. The summed E-state index contributed by atoms with van der Waals surface area (Å²) in [7, 11) is 4.49. The molecule has 376 valence electrons. The summed E-state index contributed by atoms with van der Waals surface area (Å²) < 4.78 is 30.4. The number of anilines is 2. The third kappa shape index (κ3) is 9.69. The molecule has 3 aromatic heterocycles. The predicted molar refractivity (Wildman–Crippen MR) is 293 cm³/mol. The van der Waals surface area contributed by atoms with Gasteiger partial charge in [-0.15, -0.1) is 0 Å². The number of rotatable bonds is 14. The first-order valence-electron chi connectivity index (χ1n) is 23.1. The van der Waals surface area contributed by atoms with Gasteiger partial charge in [-0.2, -0.15) is 0 Å². The number of ether oxygens (including phenoxy) is 5. The Hall–Kier alpha value is -7.62. The number of pyridine rings is 2. The first-order chi connectivity index (χ1) is 35.6. The molecule has 0 radical (unpaired) electrons. The summed E-state index contributed by atoms with van der Waals surface area (Å²) in [6.45, 7) is 9.73. The van der Waals surface area contributed by atoms with Crippen molar-refractivity contribution in [3.05, 3.63) is 152 Å². The number of fused-ring (bicyclic) bond motifs is 3. The molecule has 1 aliphatic heterocycles. The average Bonchev–Trinajstić information content (AvgIpc) is 3.40. The van der Waals surface area contributed by atoms with Gasteiger partial charge in [0, 0.05) is 69.7 Å². The second kappa shape index (κ2) is 21.5. The van der Waals surface area contributed by atoms with Crippen LogP contribution in [0.15, 0.2) is 121 Å². The van der Waals surface area contributed by atoms with Crippen molar-refractivity contribution in [2.45, 2.75) is 26.8 Å². The SMILES string of the molecule is C=CC(=O)Nc1ccccc1-c1cc2c(cn1)cc(-c1c(Cl)c(OC)cc(OC/C=C\C(=O)N3CCOc4cc(C)c(-c5ncc6cc(-c7c(Cl)c(OC)cc(OC)c7Cl)ccc6n5)cc43)c1Cl)c(=O)n2C(C)C. The van der Waals surface area contributed by atoms with Gasteiger partial charge in [0.25, 0.3) is 11.5 Å². The molecule has 14 nitrogen and oxygen atoms in total. The minimum atomic E-state index is -0.375. The Labute approximate surface area is 445 Å². The number of nitrogens with one attached hydrogen (secondary N) is 1. The number of methoxy groups -OCH3 is 3. The molecular formula is C56H46Cl4N6O8. The molecule has 8 aromatic rings.